The van der Waals surface area contributed by atoms with Gasteiger partial charge in [0.1, 0.15) is 11.7 Å². The molecule has 0 bridgehead atoms. The fraction of sp³-hybridized carbons (Fsp3) is 0.300. The monoisotopic (exact) mass is 245 g/mol. The molecule has 0 aliphatic rings. The minimum absolute atomic E-state index is 0.161. The number of anilines is 1. The molecule has 1 aromatic rings. The highest BCUT2D eigenvalue weighted by Gasteiger charge is 2.02. The van der Waals surface area contributed by atoms with Crippen molar-refractivity contribution in [3.05, 3.63) is 29.0 Å². The number of halogens is 2. The van der Waals surface area contributed by atoms with Crippen LogP contribution in [0.5, 0.6) is 0 Å². The largest absolute Gasteiger partial charge is 0.409 e. The predicted octanol–water partition coefficient (Wildman–Crippen LogP) is 2.42. The van der Waals surface area contributed by atoms with E-state index in [9.17, 15) is 4.39 Å². The standard InChI is InChI=1S/C10H13ClFN3O/c11-7-3-4-8(12)9(6-7)14-5-1-2-10(13)15-16/h3-4,6,14,16H,1-2,5H2,(H2,13,15). The van der Waals surface area contributed by atoms with Crippen molar-refractivity contribution in [2.75, 3.05) is 11.9 Å². The van der Waals surface area contributed by atoms with E-state index in [1.54, 1.807) is 0 Å². The van der Waals surface area contributed by atoms with Gasteiger partial charge in [-0.2, -0.15) is 0 Å². The molecular weight excluding hydrogens is 233 g/mol. The van der Waals surface area contributed by atoms with E-state index in [2.05, 4.69) is 10.5 Å². The normalized spacial score (nSPS) is 11.5. The second kappa shape index (κ2) is 6.17. The molecule has 0 atom stereocenters. The highest BCUT2D eigenvalue weighted by molar-refractivity contribution is 6.30. The number of hydrogen-bond donors (Lipinski definition) is 3. The molecule has 0 fully saturated rings. The maximum absolute atomic E-state index is 13.2. The van der Waals surface area contributed by atoms with Crippen LogP contribution in [0.15, 0.2) is 23.4 Å². The van der Waals surface area contributed by atoms with Gasteiger partial charge >= 0.3 is 0 Å². The Morgan fingerprint density at radius 3 is 3.00 bits per heavy atom. The summed E-state index contributed by atoms with van der Waals surface area (Å²) in [4.78, 5) is 0. The van der Waals surface area contributed by atoms with Crippen molar-refractivity contribution >= 4 is 23.1 Å². The fourth-order valence-electron chi connectivity index (χ4n) is 1.18. The number of rotatable bonds is 5. The van der Waals surface area contributed by atoms with E-state index in [4.69, 9.17) is 22.5 Å². The summed E-state index contributed by atoms with van der Waals surface area (Å²) in [5.41, 5.74) is 5.64. The van der Waals surface area contributed by atoms with Crippen LogP contribution >= 0.6 is 11.6 Å². The van der Waals surface area contributed by atoms with Crippen molar-refractivity contribution in [2.24, 2.45) is 10.9 Å². The van der Waals surface area contributed by atoms with E-state index < -0.39 is 0 Å². The average molecular weight is 246 g/mol. The molecule has 0 aromatic heterocycles. The Bertz CT molecular complexity index is 384. The van der Waals surface area contributed by atoms with Gasteiger partial charge in [0, 0.05) is 18.0 Å². The van der Waals surface area contributed by atoms with E-state index >= 15 is 0 Å². The van der Waals surface area contributed by atoms with Gasteiger partial charge in [-0.15, -0.1) is 0 Å². The lowest BCUT2D eigenvalue weighted by Crippen LogP contribution is -2.13. The van der Waals surface area contributed by atoms with E-state index in [0.29, 0.717) is 30.1 Å². The van der Waals surface area contributed by atoms with Crippen molar-refractivity contribution in [3.8, 4) is 0 Å². The van der Waals surface area contributed by atoms with E-state index in [1.165, 1.54) is 18.2 Å². The van der Waals surface area contributed by atoms with Gasteiger partial charge in [-0.25, -0.2) is 4.39 Å². The third-order valence-electron chi connectivity index (χ3n) is 1.98. The van der Waals surface area contributed by atoms with Crippen LogP contribution in [-0.2, 0) is 0 Å². The first-order valence-corrected chi connectivity index (χ1v) is 5.16. The Hall–Kier alpha value is -1.49. The third-order valence-corrected chi connectivity index (χ3v) is 2.22. The second-order valence-electron chi connectivity index (χ2n) is 3.25. The molecule has 6 heteroatoms. The Morgan fingerprint density at radius 1 is 1.56 bits per heavy atom. The number of nitrogens with two attached hydrogens (primary N) is 1. The molecule has 4 nitrogen and oxygen atoms in total. The molecular formula is C10H13ClFN3O. The summed E-state index contributed by atoms with van der Waals surface area (Å²) in [6.45, 7) is 0.521. The van der Waals surface area contributed by atoms with Crippen molar-refractivity contribution < 1.29 is 9.60 Å². The SMILES string of the molecule is NC(CCCNc1cc(Cl)ccc1F)=NO. The number of hydrogen-bond acceptors (Lipinski definition) is 3. The zero-order valence-electron chi connectivity index (χ0n) is 8.58. The molecule has 0 amide bonds. The Balaban J connectivity index is 2.40. The van der Waals surface area contributed by atoms with Crippen LogP contribution in [0.4, 0.5) is 10.1 Å². The van der Waals surface area contributed by atoms with E-state index in [0.717, 1.165) is 0 Å². The average Bonchev–Trinajstić information content (AvgIpc) is 2.28. The van der Waals surface area contributed by atoms with E-state index in [1.807, 2.05) is 0 Å². The smallest absolute Gasteiger partial charge is 0.146 e. The lowest BCUT2D eigenvalue weighted by atomic mass is 10.2. The summed E-state index contributed by atoms with van der Waals surface area (Å²) in [7, 11) is 0. The predicted molar refractivity (Wildman–Crippen MR) is 62.5 cm³/mol. The molecule has 0 radical (unpaired) electrons. The third kappa shape index (κ3) is 3.94. The lowest BCUT2D eigenvalue weighted by Gasteiger charge is -2.07. The van der Waals surface area contributed by atoms with Crippen LogP contribution in [0.1, 0.15) is 12.8 Å². The fourth-order valence-corrected chi connectivity index (χ4v) is 1.35. The Labute approximate surface area is 97.9 Å². The minimum atomic E-state index is -0.354. The zero-order valence-corrected chi connectivity index (χ0v) is 9.34. The molecule has 0 saturated carbocycles. The minimum Gasteiger partial charge on any atom is -0.409 e. The summed E-state index contributed by atoms with van der Waals surface area (Å²) in [6, 6.07) is 4.30. The van der Waals surface area contributed by atoms with Gasteiger partial charge in [0.25, 0.3) is 0 Å². The molecule has 0 heterocycles. The Morgan fingerprint density at radius 2 is 2.31 bits per heavy atom. The van der Waals surface area contributed by atoms with Gasteiger partial charge in [-0.1, -0.05) is 16.8 Å². The summed E-state index contributed by atoms with van der Waals surface area (Å²) in [5.74, 6) is -0.193. The highest BCUT2D eigenvalue weighted by atomic mass is 35.5. The quantitative estimate of drug-likeness (QED) is 0.245. The molecule has 1 aromatic carbocycles. The van der Waals surface area contributed by atoms with Crippen molar-refractivity contribution in [2.45, 2.75) is 12.8 Å². The number of nitrogens with zero attached hydrogens (tertiary/aromatic N) is 1. The number of amidine groups is 1. The van der Waals surface area contributed by atoms with Crippen LogP contribution < -0.4 is 11.1 Å². The van der Waals surface area contributed by atoms with Gasteiger partial charge < -0.3 is 16.3 Å². The molecule has 0 unspecified atom stereocenters. The van der Waals surface area contributed by atoms with Crippen molar-refractivity contribution in [1.29, 1.82) is 0 Å². The molecule has 16 heavy (non-hydrogen) atoms. The van der Waals surface area contributed by atoms with Gasteiger partial charge in [-0.05, 0) is 24.6 Å². The first kappa shape index (κ1) is 12.6. The summed E-state index contributed by atoms with van der Waals surface area (Å²) in [6.07, 6.45) is 1.09. The number of nitrogens with one attached hydrogen (secondary N) is 1. The molecule has 0 aliphatic carbocycles. The van der Waals surface area contributed by atoms with Crippen molar-refractivity contribution in [1.82, 2.24) is 0 Å². The van der Waals surface area contributed by atoms with E-state index in [-0.39, 0.29) is 11.7 Å². The number of benzene rings is 1. The summed E-state index contributed by atoms with van der Waals surface area (Å²) < 4.78 is 13.2. The molecule has 0 spiro atoms. The van der Waals surface area contributed by atoms with Gasteiger partial charge in [0.05, 0.1) is 5.69 Å². The van der Waals surface area contributed by atoms with Crippen LogP contribution in [0.3, 0.4) is 0 Å². The topological polar surface area (TPSA) is 70.6 Å². The molecule has 0 aliphatic heterocycles. The van der Waals surface area contributed by atoms with Crippen LogP contribution in [0.25, 0.3) is 0 Å². The van der Waals surface area contributed by atoms with Gasteiger partial charge in [0.2, 0.25) is 0 Å². The molecule has 88 valence electrons. The second-order valence-corrected chi connectivity index (χ2v) is 3.68. The molecule has 4 N–H and O–H groups in total. The first-order valence-electron chi connectivity index (χ1n) is 4.79. The highest BCUT2D eigenvalue weighted by Crippen LogP contribution is 2.19. The van der Waals surface area contributed by atoms with Gasteiger partial charge in [0.15, 0.2) is 0 Å². The zero-order chi connectivity index (χ0) is 12.0. The maximum atomic E-state index is 13.2. The summed E-state index contributed by atoms with van der Waals surface area (Å²) >= 11 is 5.72. The van der Waals surface area contributed by atoms with Crippen LogP contribution in [-0.4, -0.2) is 17.6 Å². The van der Waals surface area contributed by atoms with Gasteiger partial charge in [-0.3, -0.25) is 0 Å². The first-order chi connectivity index (χ1) is 7.63. The van der Waals surface area contributed by atoms with Crippen molar-refractivity contribution in [3.63, 3.8) is 0 Å². The lowest BCUT2D eigenvalue weighted by molar-refractivity contribution is 0.316. The van der Waals surface area contributed by atoms with Crippen LogP contribution in [0, 0.1) is 5.82 Å². The molecule has 0 saturated heterocycles. The molecule has 1 rings (SSSR count). The Kier molecular flexibility index (Phi) is 4.85. The van der Waals surface area contributed by atoms with Crippen LogP contribution in [0.2, 0.25) is 5.02 Å². The number of oxime groups is 1. The maximum Gasteiger partial charge on any atom is 0.146 e. The summed E-state index contributed by atoms with van der Waals surface area (Å²) in [5, 5.41) is 14.5.